The van der Waals surface area contributed by atoms with Crippen LogP contribution in [0.4, 0.5) is 4.79 Å². The monoisotopic (exact) mass is 565 g/mol. The van der Waals surface area contributed by atoms with Crippen molar-refractivity contribution in [2.45, 2.75) is 6.61 Å². The van der Waals surface area contributed by atoms with Crippen LogP contribution in [0.3, 0.4) is 0 Å². The van der Waals surface area contributed by atoms with Gasteiger partial charge in [-0.25, -0.2) is 4.79 Å². The molecule has 0 heterocycles. The van der Waals surface area contributed by atoms with E-state index in [1.807, 2.05) is 30.3 Å². The molecule has 0 aromatic heterocycles. The summed E-state index contributed by atoms with van der Waals surface area (Å²) in [5.74, 6) is 0.495. The minimum Gasteiger partial charge on any atom is -0.445 e. The third kappa shape index (κ3) is 24.8. The van der Waals surface area contributed by atoms with E-state index in [-0.39, 0.29) is 6.61 Å². The molecule has 0 aliphatic heterocycles. The Bertz CT molecular complexity index is 629. The molecule has 0 atom stereocenters. The van der Waals surface area contributed by atoms with E-state index in [2.05, 4.69) is 5.32 Å². The Kier molecular flexibility index (Phi) is 25.8. The molecule has 0 fully saturated rings. The number of amides is 1. The molecular weight excluding hydrogens is 522 g/mol. The smallest absolute Gasteiger partial charge is 0.407 e. The van der Waals surface area contributed by atoms with Gasteiger partial charge in [0.1, 0.15) is 6.61 Å². The van der Waals surface area contributed by atoms with Gasteiger partial charge in [-0.3, -0.25) is 0 Å². The van der Waals surface area contributed by atoms with Crippen LogP contribution in [0, 0.1) is 0 Å². The van der Waals surface area contributed by atoms with Gasteiger partial charge in [-0.2, -0.15) is 0 Å². The molecule has 1 aromatic carbocycles. The van der Waals surface area contributed by atoms with Gasteiger partial charge in [0.25, 0.3) is 0 Å². The molecule has 220 valence electrons. The molecule has 12 heteroatoms. The Labute approximate surface area is 231 Å². The number of alkyl carbamates (subject to hydrolysis) is 1. The lowest BCUT2D eigenvalue weighted by atomic mass is 10.2. The summed E-state index contributed by atoms with van der Waals surface area (Å²) in [7, 11) is 0. The molecule has 0 aliphatic carbocycles. The van der Waals surface area contributed by atoms with Crippen LogP contribution < -0.4 is 5.32 Å². The Hall–Kier alpha value is -1.54. The van der Waals surface area contributed by atoms with Gasteiger partial charge in [0.15, 0.2) is 0 Å². The minimum absolute atomic E-state index is 0.241. The highest BCUT2D eigenvalue weighted by atomic mass is 35.5. The normalized spacial score (nSPS) is 11.1. The molecule has 1 amide bonds. The van der Waals surface area contributed by atoms with E-state index in [9.17, 15) is 4.79 Å². The standard InChI is InChI=1S/C26H44ClNO10/c27-6-8-30-10-12-32-14-16-34-18-20-36-22-23-37-21-19-35-17-15-33-13-11-31-9-7-28-26(29)38-24-25-4-2-1-3-5-25/h1-5H,6-24H2,(H,28,29). The highest BCUT2D eigenvalue weighted by Crippen LogP contribution is 2.00. The molecule has 0 aliphatic rings. The first-order chi connectivity index (χ1) is 18.8. The number of hydrogen-bond acceptors (Lipinski definition) is 10. The van der Waals surface area contributed by atoms with Gasteiger partial charge in [0.05, 0.1) is 106 Å². The van der Waals surface area contributed by atoms with Crippen molar-refractivity contribution in [2.24, 2.45) is 0 Å². The zero-order chi connectivity index (χ0) is 27.2. The highest BCUT2D eigenvalue weighted by Gasteiger charge is 2.01. The summed E-state index contributed by atoms with van der Waals surface area (Å²) in [5.41, 5.74) is 0.940. The third-order valence-electron chi connectivity index (χ3n) is 4.55. The molecule has 1 N–H and O–H groups in total. The molecule has 0 unspecified atom stereocenters. The lowest BCUT2D eigenvalue weighted by Gasteiger charge is -2.09. The Morgan fingerprint density at radius 2 is 0.921 bits per heavy atom. The lowest BCUT2D eigenvalue weighted by Crippen LogP contribution is -2.28. The van der Waals surface area contributed by atoms with Crippen molar-refractivity contribution in [3.63, 3.8) is 0 Å². The lowest BCUT2D eigenvalue weighted by molar-refractivity contribution is -0.0227. The van der Waals surface area contributed by atoms with Crippen molar-refractivity contribution in [3.05, 3.63) is 35.9 Å². The van der Waals surface area contributed by atoms with Crippen molar-refractivity contribution in [1.29, 1.82) is 0 Å². The van der Waals surface area contributed by atoms with Gasteiger partial charge in [-0.1, -0.05) is 30.3 Å². The van der Waals surface area contributed by atoms with Crippen molar-refractivity contribution in [2.75, 3.05) is 118 Å². The fourth-order valence-electron chi connectivity index (χ4n) is 2.70. The zero-order valence-electron chi connectivity index (χ0n) is 22.3. The fraction of sp³-hybridized carbons (Fsp3) is 0.731. The Morgan fingerprint density at radius 1 is 0.553 bits per heavy atom. The number of nitrogens with one attached hydrogen (secondary N) is 1. The maximum Gasteiger partial charge on any atom is 0.407 e. The summed E-state index contributed by atoms with van der Waals surface area (Å²) in [6.45, 7) is 8.54. The van der Waals surface area contributed by atoms with Crippen LogP contribution in [-0.2, 0) is 49.2 Å². The topological polar surface area (TPSA) is 112 Å². The number of alkyl halides is 1. The first kappa shape index (κ1) is 34.5. The molecule has 0 saturated carbocycles. The highest BCUT2D eigenvalue weighted by molar-refractivity contribution is 6.17. The Balaban J connectivity index is 1.67. The van der Waals surface area contributed by atoms with E-state index in [0.717, 1.165) is 5.56 Å². The molecule has 1 aromatic rings. The number of carbonyl (C=O) groups excluding carboxylic acids is 1. The third-order valence-corrected chi connectivity index (χ3v) is 4.71. The van der Waals surface area contributed by atoms with Crippen LogP contribution in [0.2, 0.25) is 0 Å². The minimum atomic E-state index is -0.466. The van der Waals surface area contributed by atoms with E-state index in [0.29, 0.717) is 118 Å². The van der Waals surface area contributed by atoms with Crippen LogP contribution >= 0.6 is 11.6 Å². The summed E-state index contributed by atoms with van der Waals surface area (Å²) >= 11 is 5.50. The van der Waals surface area contributed by atoms with Crippen molar-refractivity contribution >= 4 is 17.7 Å². The summed E-state index contributed by atoms with van der Waals surface area (Å²) in [6, 6.07) is 9.51. The van der Waals surface area contributed by atoms with Gasteiger partial charge in [-0.05, 0) is 5.56 Å². The molecule has 0 bridgehead atoms. The molecule has 0 saturated heterocycles. The molecule has 0 radical (unpaired) electrons. The number of carbonyl (C=O) groups is 1. The van der Waals surface area contributed by atoms with Gasteiger partial charge in [0.2, 0.25) is 0 Å². The summed E-state index contributed by atoms with van der Waals surface area (Å²) in [5, 5.41) is 2.64. The quantitative estimate of drug-likeness (QED) is 0.120. The summed E-state index contributed by atoms with van der Waals surface area (Å²) < 4.78 is 48.2. The number of halogens is 1. The van der Waals surface area contributed by atoms with Crippen LogP contribution in [0.1, 0.15) is 5.56 Å². The van der Waals surface area contributed by atoms with E-state index < -0.39 is 6.09 Å². The van der Waals surface area contributed by atoms with Crippen LogP contribution in [-0.4, -0.2) is 124 Å². The predicted molar refractivity (Wildman–Crippen MR) is 142 cm³/mol. The largest absolute Gasteiger partial charge is 0.445 e. The van der Waals surface area contributed by atoms with Gasteiger partial charge < -0.3 is 47.9 Å². The van der Waals surface area contributed by atoms with Gasteiger partial charge >= 0.3 is 6.09 Å². The maximum atomic E-state index is 11.6. The first-order valence-corrected chi connectivity index (χ1v) is 13.5. The molecule has 1 rings (SSSR count). The number of benzene rings is 1. The van der Waals surface area contributed by atoms with Crippen molar-refractivity contribution in [3.8, 4) is 0 Å². The van der Waals surface area contributed by atoms with Crippen LogP contribution in [0.5, 0.6) is 0 Å². The number of rotatable bonds is 28. The van der Waals surface area contributed by atoms with Crippen LogP contribution in [0.15, 0.2) is 30.3 Å². The first-order valence-electron chi connectivity index (χ1n) is 13.0. The van der Waals surface area contributed by atoms with Crippen molar-refractivity contribution < 1.29 is 47.4 Å². The average Bonchev–Trinajstić information content (AvgIpc) is 2.94. The Morgan fingerprint density at radius 3 is 1.32 bits per heavy atom. The molecule has 38 heavy (non-hydrogen) atoms. The number of hydrogen-bond donors (Lipinski definition) is 1. The average molecular weight is 566 g/mol. The van der Waals surface area contributed by atoms with Crippen molar-refractivity contribution in [1.82, 2.24) is 5.32 Å². The second kappa shape index (κ2) is 28.5. The molecule has 11 nitrogen and oxygen atoms in total. The van der Waals surface area contributed by atoms with Gasteiger partial charge in [-0.15, -0.1) is 11.6 Å². The van der Waals surface area contributed by atoms with E-state index >= 15 is 0 Å². The molecule has 0 spiro atoms. The second-order valence-corrected chi connectivity index (χ2v) is 7.95. The van der Waals surface area contributed by atoms with E-state index in [4.69, 9.17) is 54.2 Å². The van der Waals surface area contributed by atoms with E-state index in [1.165, 1.54) is 0 Å². The SMILES string of the molecule is O=C(NCCOCCOCCOCCOCCOCCOCCOCCOCCCl)OCc1ccccc1. The van der Waals surface area contributed by atoms with E-state index in [1.54, 1.807) is 0 Å². The zero-order valence-corrected chi connectivity index (χ0v) is 23.0. The fourth-order valence-corrected chi connectivity index (χ4v) is 2.80. The van der Waals surface area contributed by atoms with Crippen LogP contribution in [0.25, 0.3) is 0 Å². The number of ether oxygens (including phenoxy) is 9. The second-order valence-electron chi connectivity index (χ2n) is 7.58. The van der Waals surface area contributed by atoms with Gasteiger partial charge in [0, 0.05) is 12.4 Å². The predicted octanol–water partition coefficient (Wildman–Crippen LogP) is 2.28. The molecular formula is C26H44ClNO10. The summed E-state index contributed by atoms with van der Waals surface area (Å²) in [6.07, 6.45) is -0.466. The summed E-state index contributed by atoms with van der Waals surface area (Å²) in [4.78, 5) is 11.6. The maximum absolute atomic E-state index is 11.6.